The first-order valence-corrected chi connectivity index (χ1v) is 8.76. The molecule has 1 aliphatic rings. The summed E-state index contributed by atoms with van der Waals surface area (Å²) in [5.74, 6) is 0.363. The van der Waals surface area contributed by atoms with E-state index in [0.717, 1.165) is 16.8 Å². The highest BCUT2D eigenvalue weighted by molar-refractivity contribution is 8.00. The van der Waals surface area contributed by atoms with Gasteiger partial charge >= 0.3 is 0 Å². The molecule has 2 rings (SSSR count). The molecule has 0 N–H and O–H groups in total. The highest BCUT2D eigenvalue weighted by Gasteiger charge is 2.26. The average molecular weight is 333 g/mol. The Balaban J connectivity index is 2.09. The molecule has 0 saturated carbocycles. The Hall–Kier alpha value is -1.58. The van der Waals surface area contributed by atoms with Gasteiger partial charge in [-0.1, -0.05) is 11.8 Å². The number of pyridine rings is 1. The minimum absolute atomic E-state index is 0.0596. The SMILES string of the molecule is Cc1nc(SCC(=O)N2CC(C)OC(C)C2)c(C#N)c(C)c1C. The molecule has 23 heavy (non-hydrogen) atoms. The van der Waals surface area contributed by atoms with Gasteiger partial charge < -0.3 is 9.64 Å². The van der Waals surface area contributed by atoms with Crippen LogP contribution in [0, 0.1) is 32.1 Å². The quantitative estimate of drug-likeness (QED) is 0.796. The normalized spacial score (nSPS) is 21.1. The Morgan fingerprint density at radius 3 is 2.48 bits per heavy atom. The van der Waals surface area contributed by atoms with E-state index in [4.69, 9.17) is 4.74 Å². The molecular formula is C17H23N3O2S. The summed E-state index contributed by atoms with van der Waals surface area (Å²) < 4.78 is 5.65. The number of rotatable bonds is 3. The van der Waals surface area contributed by atoms with E-state index < -0.39 is 0 Å². The van der Waals surface area contributed by atoms with Crippen molar-refractivity contribution in [2.24, 2.45) is 0 Å². The zero-order valence-electron chi connectivity index (χ0n) is 14.3. The van der Waals surface area contributed by atoms with Gasteiger partial charge in [0.1, 0.15) is 11.1 Å². The van der Waals surface area contributed by atoms with Gasteiger partial charge in [-0.05, 0) is 45.7 Å². The first-order valence-electron chi connectivity index (χ1n) is 7.77. The summed E-state index contributed by atoms with van der Waals surface area (Å²) in [6, 6.07) is 2.22. The second-order valence-electron chi connectivity index (χ2n) is 6.08. The van der Waals surface area contributed by atoms with E-state index in [1.54, 1.807) is 0 Å². The molecular weight excluding hydrogens is 310 g/mol. The maximum atomic E-state index is 12.4. The van der Waals surface area contributed by atoms with Crippen LogP contribution >= 0.6 is 11.8 Å². The fourth-order valence-corrected chi connectivity index (χ4v) is 3.74. The van der Waals surface area contributed by atoms with Crippen LogP contribution in [-0.2, 0) is 9.53 Å². The summed E-state index contributed by atoms with van der Waals surface area (Å²) >= 11 is 1.35. The summed E-state index contributed by atoms with van der Waals surface area (Å²) in [5.41, 5.74) is 3.47. The number of ether oxygens (including phenoxy) is 1. The molecule has 2 heterocycles. The zero-order chi connectivity index (χ0) is 17.1. The van der Waals surface area contributed by atoms with Gasteiger partial charge in [-0.3, -0.25) is 4.79 Å². The summed E-state index contributed by atoms with van der Waals surface area (Å²) in [4.78, 5) is 18.8. The zero-order valence-corrected chi connectivity index (χ0v) is 15.2. The molecule has 1 amide bonds. The van der Waals surface area contributed by atoms with Crippen molar-refractivity contribution in [2.45, 2.75) is 51.9 Å². The fraction of sp³-hybridized carbons (Fsp3) is 0.588. The van der Waals surface area contributed by atoms with Crippen LogP contribution in [0.4, 0.5) is 0 Å². The molecule has 1 saturated heterocycles. The summed E-state index contributed by atoms with van der Waals surface area (Å²) in [7, 11) is 0. The van der Waals surface area contributed by atoms with Crippen molar-refractivity contribution >= 4 is 17.7 Å². The van der Waals surface area contributed by atoms with E-state index in [9.17, 15) is 10.1 Å². The second-order valence-corrected chi connectivity index (χ2v) is 7.05. The number of nitrogens with zero attached hydrogens (tertiary/aromatic N) is 3. The van der Waals surface area contributed by atoms with Crippen molar-refractivity contribution in [1.29, 1.82) is 5.26 Å². The van der Waals surface area contributed by atoms with Crippen LogP contribution in [0.2, 0.25) is 0 Å². The molecule has 0 bridgehead atoms. The van der Waals surface area contributed by atoms with Crippen LogP contribution < -0.4 is 0 Å². The third kappa shape index (κ3) is 4.04. The van der Waals surface area contributed by atoms with E-state index in [0.29, 0.717) is 29.4 Å². The molecule has 2 unspecified atom stereocenters. The molecule has 1 aromatic rings. The van der Waals surface area contributed by atoms with Gasteiger partial charge in [0.15, 0.2) is 0 Å². The minimum atomic E-state index is 0.0596. The topological polar surface area (TPSA) is 66.2 Å². The van der Waals surface area contributed by atoms with Gasteiger partial charge in [0.25, 0.3) is 0 Å². The Morgan fingerprint density at radius 2 is 1.91 bits per heavy atom. The van der Waals surface area contributed by atoms with Crippen LogP contribution in [0.5, 0.6) is 0 Å². The third-order valence-electron chi connectivity index (χ3n) is 4.18. The number of hydrogen-bond donors (Lipinski definition) is 0. The second kappa shape index (κ2) is 7.33. The summed E-state index contributed by atoms with van der Waals surface area (Å²) in [6.45, 7) is 11.0. The van der Waals surface area contributed by atoms with Gasteiger partial charge in [0.05, 0.1) is 23.5 Å². The number of carbonyl (C=O) groups excluding carboxylic acids is 1. The number of amides is 1. The lowest BCUT2D eigenvalue weighted by Crippen LogP contribution is -2.48. The van der Waals surface area contributed by atoms with Crippen LogP contribution in [0.15, 0.2) is 5.03 Å². The van der Waals surface area contributed by atoms with E-state index in [1.807, 2.05) is 39.5 Å². The van der Waals surface area contributed by atoms with Gasteiger partial charge in [0.2, 0.25) is 5.91 Å². The molecule has 5 nitrogen and oxygen atoms in total. The highest BCUT2D eigenvalue weighted by Crippen LogP contribution is 2.26. The number of nitriles is 1. The predicted octanol–water partition coefficient (Wildman–Crippen LogP) is 2.61. The van der Waals surface area contributed by atoms with Crippen LogP contribution in [0.3, 0.4) is 0 Å². The number of morpholine rings is 1. The Labute approximate surface area is 142 Å². The Bertz CT molecular complexity index is 644. The molecule has 0 radical (unpaired) electrons. The predicted molar refractivity (Wildman–Crippen MR) is 90.5 cm³/mol. The van der Waals surface area contributed by atoms with Crippen LogP contribution in [0.25, 0.3) is 0 Å². The first-order chi connectivity index (χ1) is 10.8. The fourth-order valence-electron chi connectivity index (χ4n) is 2.75. The van der Waals surface area contributed by atoms with Crippen molar-refractivity contribution in [3.63, 3.8) is 0 Å². The number of carbonyl (C=O) groups is 1. The van der Waals surface area contributed by atoms with Gasteiger partial charge in [0, 0.05) is 18.8 Å². The van der Waals surface area contributed by atoms with Crippen molar-refractivity contribution < 1.29 is 9.53 Å². The monoisotopic (exact) mass is 333 g/mol. The first kappa shape index (κ1) is 17.8. The minimum Gasteiger partial charge on any atom is -0.372 e. The van der Waals surface area contributed by atoms with E-state index in [-0.39, 0.29) is 18.1 Å². The lowest BCUT2D eigenvalue weighted by molar-refractivity contribution is -0.140. The lowest BCUT2D eigenvalue weighted by Gasteiger charge is -2.35. The molecule has 1 aromatic heterocycles. The average Bonchev–Trinajstić information content (AvgIpc) is 2.49. The molecule has 124 valence electrons. The van der Waals surface area contributed by atoms with Gasteiger partial charge in [-0.15, -0.1) is 0 Å². The molecule has 2 atom stereocenters. The summed E-state index contributed by atoms with van der Waals surface area (Å²) in [5, 5.41) is 10.0. The third-order valence-corrected chi connectivity index (χ3v) is 5.14. The number of aryl methyl sites for hydroxylation is 1. The molecule has 1 aliphatic heterocycles. The van der Waals surface area contributed by atoms with E-state index >= 15 is 0 Å². The molecule has 0 aliphatic carbocycles. The van der Waals surface area contributed by atoms with Crippen molar-refractivity contribution in [3.8, 4) is 6.07 Å². The molecule has 1 fully saturated rings. The highest BCUT2D eigenvalue weighted by atomic mass is 32.2. The number of hydrogen-bond acceptors (Lipinski definition) is 5. The lowest BCUT2D eigenvalue weighted by atomic mass is 10.1. The van der Waals surface area contributed by atoms with Crippen molar-refractivity contribution in [1.82, 2.24) is 9.88 Å². The van der Waals surface area contributed by atoms with Gasteiger partial charge in [-0.2, -0.15) is 5.26 Å². The van der Waals surface area contributed by atoms with E-state index in [1.165, 1.54) is 11.8 Å². The standard InChI is InChI=1S/C17H23N3O2S/c1-10-7-20(8-11(2)22-10)16(21)9-23-17-15(6-18)13(4)12(3)14(5)19-17/h10-11H,7-9H2,1-5H3. The molecule has 0 aromatic carbocycles. The maximum Gasteiger partial charge on any atom is 0.233 e. The van der Waals surface area contributed by atoms with Crippen LogP contribution in [0.1, 0.15) is 36.2 Å². The van der Waals surface area contributed by atoms with Crippen LogP contribution in [-0.4, -0.2) is 46.8 Å². The Morgan fingerprint density at radius 1 is 1.30 bits per heavy atom. The Kier molecular flexibility index (Phi) is 5.66. The van der Waals surface area contributed by atoms with Crippen molar-refractivity contribution in [2.75, 3.05) is 18.8 Å². The van der Waals surface area contributed by atoms with Gasteiger partial charge in [-0.25, -0.2) is 4.98 Å². The maximum absolute atomic E-state index is 12.4. The summed E-state index contributed by atoms with van der Waals surface area (Å²) in [6.07, 6.45) is 0.119. The molecule has 6 heteroatoms. The smallest absolute Gasteiger partial charge is 0.233 e. The van der Waals surface area contributed by atoms with E-state index in [2.05, 4.69) is 11.1 Å². The molecule has 0 spiro atoms. The number of thioether (sulfide) groups is 1. The number of aromatic nitrogens is 1. The largest absolute Gasteiger partial charge is 0.372 e. The van der Waals surface area contributed by atoms with Crippen molar-refractivity contribution in [3.05, 3.63) is 22.4 Å².